The van der Waals surface area contributed by atoms with Crippen molar-refractivity contribution in [3.8, 4) is 0 Å². The molecule has 156 valence electrons. The molecule has 2 fully saturated rings. The molecule has 3 amide bonds. The molecule has 0 unspecified atom stereocenters. The molecule has 4 rings (SSSR count). The molecule has 2 aliphatic heterocycles. The maximum absolute atomic E-state index is 12.7. The standard InChI is InChI=1S/C20H25F2N5O2/c1-13-8-14(2-5-25(13)12-18(21)22)9-15-3-7-27-16(10-15)17(11-23-27)26-6-4-19(28)24-20(26)29/h3,7,10-11,13-14,18H,2,4-6,8-9,12H2,1H3,(H,24,28,29)/t13-,14+/m0/s1. The maximum Gasteiger partial charge on any atom is 0.328 e. The SMILES string of the molecule is C[C@H]1C[C@H](Cc2ccn3ncc(N4CCC(=O)NC4=O)c3c2)CCN1CC(F)F. The van der Waals surface area contributed by atoms with Gasteiger partial charge in [0.15, 0.2) is 0 Å². The van der Waals surface area contributed by atoms with Gasteiger partial charge in [-0.1, -0.05) is 0 Å². The van der Waals surface area contributed by atoms with E-state index in [1.807, 2.05) is 30.2 Å². The molecule has 0 bridgehead atoms. The first kappa shape index (κ1) is 19.8. The molecule has 2 aromatic rings. The lowest BCUT2D eigenvalue weighted by Gasteiger charge is -2.37. The van der Waals surface area contributed by atoms with Crippen molar-refractivity contribution in [1.29, 1.82) is 0 Å². The van der Waals surface area contributed by atoms with Gasteiger partial charge in [-0.15, -0.1) is 0 Å². The summed E-state index contributed by atoms with van der Waals surface area (Å²) in [4.78, 5) is 27.0. The zero-order valence-electron chi connectivity index (χ0n) is 16.4. The van der Waals surface area contributed by atoms with Crippen LogP contribution in [0.2, 0.25) is 0 Å². The normalized spacial score (nSPS) is 23.8. The number of piperidine rings is 1. The summed E-state index contributed by atoms with van der Waals surface area (Å²) in [5, 5.41) is 6.66. The Morgan fingerprint density at radius 3 is 2.86 bits per heavy atom. The van der Waals surface area contributed by atoms with Gasteiger partial charge >= 0.3 is 6.03 Å². The molecule has 2 aliphatic rings. The molecule has 9 heteroatoms. The summed E-state index contributed by atoms with van der Waals surface area (Å²) in [7, 11) is 0. The molecular formula is C20H25F2N5O2. The Balaban J connectivity index is 1.48. The summed E-state index contributed by atoms with van der Waals surface area (Å²) in [6.07, 6.45) is 4.12. The second kappa shape index (κ2) is 8.06. The molecule has 0 saturated carbocycles. The van der Waals surface area contributed by atoms with Crippen LogP contribution in [0.5, 0.6) is 0 Å². The number of nitrogens with one attached hydrogen (secondary N) is 1. The summed E-state index contributed by atoms with van der Waals surface area (Å²) in [5.41, 5.74) is 2.62. The largest absolute Gasteiger partial charge is 0.328 e. The lowest BCUT2D eigenvalue weighted by Crippen LogP contribution is -2.49. The fourth-order valence-electron chi connectivity index (χ4n) is 4.43. The Hall–Kier alpha value is -2.55. The fraction of sp³-hybridized carbons (Fsp3) is 0.550. The third-order valence-corrected chi connectivity index (χ3v) is 5.93. The lowest BCUT2D eigenvalue weighted by molar-refractivity contribution is -0.120. The summed E-state index contributed by atoms with van der Waals surface area (Å²) < 4.78 is 27.1. The predicted octanol–water partition coefficient (Wildman–Crippen LogP) is 2.69. The number of anilines is 1. The number of rotatable bonds is 5. The highest BCUT2D eigenvalue weighted by atomic mass is 19.3. The van der Waals surface area contributed by atoms with Gasteiger partial charge in [0.1, 0.15) is 0 Å². The number of likely N-dealkylation sites (tertiary alicyclic amines) is 1. The second-order valence-electron chi connectivity index (χ2n) is 7.98. The topological polar surface area (TPSA) is 70.0 Å². The van der Waals surface area contributed by atoms with Crippen molar-refractivity contribution in [2.45, 2.75) is 45.1 Å². The van der Waals surface area contributed by atoms with Gasteiger partial charge in [-0.2, -0.15) is 5.10 Å². The van der Waals surface area contributed by atoms with E-state index in [4.69, 9.17) is 0 Å². The molecule has 0 aromatic carbocycles. The maximum atomic E-state index is 12.7. The van der Waals surface area contributed by atoms with Crippen LogP contribution in [-0.2, 0) is 11.2 Å². The first-order chi connectivity index (χ1) is 13.9. The number of carbonyl (C=O) groups is 2. The van der Waals surface area contributed by atoms with Crippen LogP contribution >= 0.6 is 0 Å². The third kappa shape index (κ3) is 4.24. The van der Waals surface area contributed by atoms with Crippen LogP contribution in [0.15, 0.2) is 24.5 Å². The minimum Gasteiger partial charge on any atom is -0.295 e. The Kier molecular flexibility index (Phi) is 5.49. The van der Waals surface area contributed by atoms with Gasteiger partial charge in [0.05, 0.1) is 23.9 Å². The van der Waals surface area contributed by atoms with E-state index in [1.165, 1.54) is 0 Å². The molecule has 2 atom stereocenters. The number of nitrogens with zero attached hydrogens (tertiary/aromatic N) is 4. The van der Waals surface area contributed by atoms with E-state index in [0.717, 1.165) is 30.3 Å². The van der Waals surface area contributed by atoms with Crippen molar-refractivity contribution in [3.63, 3.8) is 0 Å². The average molecular weight is 405 g/mol. The van der Waals surface area contributed by atoms with E-state index in [9.17, 15) is 18.4 Å². The van der Waals surface area contributed by atoms with E-state index in [-0.39, 0.29) is 24.9 Å². The number of hydrogen-bond acceptors (Lipinski definition) is 4. The Morgan fingerprint density at radius 2 is 2.14 bits per heavy atom. The van der Waals surface area contributed by atoms with E-state index in [2.05, 4.69) is 10.4 Å². The number of urea groups is 1. The van der Waals surface area contributed by atoms with Crippen LogP contribution in [0, 0.1) is 5.92 Å². The van der Waals surface area contributed by atoms with E-state index in [0.29, 0.717) is 24.7 Å². The van der Waals surface area contributed by atoms with Crippen molar-refractivity contribution in [3.05, 3.63) is 30.1 Å². The summed E-state index contributed by atoms with van der Waals surface area (Å²) >= 11 is 0. The van der Waals surface area contributed by atoms with Crippen molar-refractivity contribution in [2.24, 2.45) is 5.92 Å². The molecule has 0 spiro atoms. The number of hydrogen-bond donors (Lipinski definition) is 1. The number of carbonyl (C=O) groups excluding carboxylic acids is 2. The van der Waals surface area contributed by atoms with Gasteiger partial charge in [-0.05, 0) is 56.3 Å². The minimum atomic E-state index is -2.29. The molecular weight excluding hydrogens is 380 g/mol. The zero-order valence-corrected chi connectivity index (χ0v) is 16.4. The first-order valence-electron chi connectivity index (χ1n) is 10.0. The number of imide groups is 1. The van der Waals surface area contributed by atoms with Gasteiger partial charge in [-0.3, -0.25) is 19.9 Å². The number of halogens is 2. The van der Waals surface area contributed by atoms with E-state index < -0.39 is 12.5 Å². The van der Waals surface area contributed by atoms with Crippen LogP contribution < -0.4 is 10.2 Å². The highest BCUT2D eigenvalue weighted by molar-refractivity contribution is 6.07. The highest BCUT2D eigenvalue weighted by Gasteiger charge is 2.28. The molecule has 7 nitrogen and oxygen atoms in total. The Bertz CT molecular complexity index is 915. The number of alkyl halides is 2. The summed E-state index contributed by atoms with van der Waals surface area (Å²) in [5.74, 6) is 0.166. The highest BCUT2D eigenvalue weighted by Crippen LogP contribution is 2.29. The molecule has 2 saturated heterocycles. The van der Waals surface area contributed by atoms with Crippen molar-refractivity contribution >= 4 is 23.1 Å². The van der Waals surface area contributed by atoms with Gasteiger partial charge in [0, 0.05) is 25.2 Å². The molecule has 4 heterocycles. The van der Waals surface area contributed by atoms with Crippen molar-refractivity contribution in [1.82, 2.24) is 19.8 Å². The van der Waals surface area contributed by atoms with E-state index >= 15 is 0 Å². The van der Waals surface area contributed by atoms with E-state index in [1.54, 1.807) is 15.6 Å². The molecule has 29 heavy (non-hydrogen) atoms. The predicted molar refractivity (Wildman–Crippen MR) is 104 cm³/mol. The summed E-state index contributed by atoms with van der Waals surface area (Å²) in [6.45, 7) is 2.89. The zero-order chi connectivity index (χ0) is 20.5. The molecule has 2 aromatic heterocycles. The Morgan fingerprint density at radius 1 is 1.31 bits per heavy atom. The van der Waals surface area contributed by atoms with Crippen LogP contribution in [0.4, 0.5) is 19.3 Å². The first-order valence-corrected chi connectivity index (χ1v) is 10.0. The quantitative estimate of drug-likeness (QED) is 0.831. The van der Waals surface area contributed by atoms with Crippen LogP contribution in [0.3, 0.4) is 0 Å². The number of pyridine rings is 1. The van der Waals surface area contributed by atoms with Gasteiger partial charge in [0.25, 0.3) is 6.43 Å². The van der Waals surface area contributed by atoms with Gasteiger partial charge < -0.3 is 0 Å². The lowest BCUT2D eigenvalue weighted by atomic mass is 9.86. The summed E-state index contributed by atoms with van der Waals surface area (Å²) in [6, 6.07) is 3.76. The number of aromatic nitrogens is 2. The average Bonchev–Trinajstić information content (AvgIpc) is 3.07. The third-order valence-electron chi connectivity index (χ3n) is 5.93. The van der Waals surface area contributed by atoms with Crippen LogP contribution in [0.25, 0.3) is 5.52 Å². The number of fused-ring (bicyclic) bond motifs is 1. The minimum absolute atomic E-state index is 0.145. The monoisotopic (exact) mass is 405 g/mol. The van der Waals surface area contributed by atoms with Crippen molar-refractivity contribution in [2.75, 3.05) is 24.5 Å². The second-order valence-corrected chi connectivity index (χ2v) is 7.98. The number of amides is 3. The van der Waals surface area contributed by atoms with Crippen LogP contribution in [0.1, 0.15) is 31.7 Å². The Labute approximate surface area is 167 Å². The molecule has 0 aliphatic carbocycles. The molecule has 1 N–H and O–H groups in total. The fourth-order valence-corrected chi connectivity index (χ4v) is 4.43. The molecule has 0 radical (unpaired) electrons. The van der Waals surface area contributed by atoms with Crippen molar-refractivity contribution < 1.29 is 18.4 Å². The smallest absolute Gasteiger partial charge is 0.295 e. The van der Waals surface area contributed by atoms with Gasteiger partial charge in [-0.25, -0.2) is 18.1 Å². The van der Waals surface area contributed by atoms with Gasteiger partial charge in [0.2, 0.25) is 5.91 Å². The van der Waals surface area contributed by atoms with Crippen LogP contribution in [-0.4, -0.2) is 58.6 Å².